The Kier molecular flexibility index (Phi) is 7.02. The summed E-state index contributed by atoms with van der Waals surface area (Å²) >= 11 is 3.35. The van der Waals surface area contributed by atoms with Crippen molar-refractivity contribution in [3.63, 3.8) is 0 Å². The fourth-order valence-electron chi connectivity index (χ4n) is 2.64. The largest absolute Gasteiger partial charge is 0.271 e. The topological polar surface area (TPSA) is 78.8 Å². The van der Waals surface area contributed by atoms with Crippen molar-refractivity contribution in [2.75, 3.05) is 10.8 Å². The van der Waals surface area contributed by atoms with Crippen molar-refractivity contribution in [3.05, 3.63) is 94.5 Å². The quantitative estimate of drug-likeness (QED) is 0.404. The Morgan fingerprint density at radius 3 is 2.27 bits per heavy atom. The molecule has 0 bridgehead atoms. The Labute approximate surface area is 184 Å². The summed E-state index contributed by atoms with van der Waals surface area (Å²) in [7, 11) is -3.93. The number of rotatable bonds is 7. The number of benzene rings is 3. The molecule has 3 rings (SSSR count). The first kappa shape index (κ1) is 21.7. The summed E-state index contributed by atoms with van der Waals surface area (Å²) in [6.45, 7) is 1.50. The van der Waals surface area contributed by atoms with Crippen LogP contribution in [0.5, 0.6) is 0 Å². The molecule has 0 aromatic heterocycles. The Bertz CT molecular complexity index is 1130. The molecule has 30 heavy (non-hydrogen) atoms. The highest BCUT2D eigenvalue weighted by Crippen LogP contribution is 2.23. The van der Waals surface area contributed by atoms with Crippen LogP contribution in [0.4, 0.5) is 5.69 Å². The Morgan fingerprint density at radius 1 is 1.00 bits per heavy atom. The van der Waals surface area contributed by atoms with E-state index >= 15 is 0 Å². The number of amides is 1. The number of anilines is 1. The van der Waals surface area contributed by atoms with Gasteiger partial charge in [-0.3, -0.25) is 9.10 Å². The van der Waals surface area contributed by atoms with Crippen molar-refractivity contribution in [2.24, 2.45) is 5.10 Å². The highest BCUT2D eigenvalue weighted by Gasteiger charge is 2.26. The van der Waals surface area contributed by atoms with E-state index < -0.39 is 22.5 Å². The monoisotopic (exact) mass is 485 g/mol. The van der Waals surface area contributed by atoms with Crippen molar-refractivity contribution < 1.29 is 13.2 Å². The molecule has 0 aliphatic heterocycles. The van der Waals surface area contributed by atoms with Gasteiger partial charge >= 0.3 is 0 Å². The van der Waals surface area contributed by atoms with E-state index in [-0.39, 0.29) is 4.90 Å². The standard InChI is InChI=1S/C22H20BrN3O3S/c1-17-7-13-20(14-8-17)26(30(28,29)21-5-3-2-4-6-21)16-22(27)25-24-15-18-9-11-19(23)12-10-18/h2-15H,16H2,1H3,(H,25,27)/b24-15+. The molecule has 6 nitrogen and oxygen atoms in total. The fraction of sp³-hybridized carbons (Fsp3) is 0.0909. The highest BCUT2D eigenvalue weighted by molar-refractivity contribution is 9.10. The van der Waals surface area contributed by atoms with Crippen LogP contribution in [-0.2, 0) is 14.8 Å². The van der Waals surface area contributed by atoms with Gasteiger partial charge in [-0.15, -0.1) is 0 Å². The predicted octanol–water partition coefficient (Wildman–Crippen LogP) is 4.10. The number of hydrazone groups is 1. The van der Waals surface area contributed by atoms with E-state index in [0.29, 0.717) is 5.69 Å². The van der Waals surface area contributed by atoms with Crippen LogP contribution in [0, 0.1) is 6.92 Å². The maximum absolute atomic E-state index is 13.2. The molecule has 154 valence electrons. The molecule has 0 fully saturated rings. The molecule has 1 amide bonds. The van der Waals surface area contributed by atoms with E-state index in [0.717, 1.165) is 19.9 Å². The zero-order valence-corrected chi connectivity index (χ0v) is 18.6. The summed E-state index contributed by atoms with van der Waals surface area (Å²) in [4.78, 5) is 12.6. The van der Waals surface area contributed by atoms with Gasteiger partial charge in [0.25, 0.3) is 15.9 Å². The molecule has 3 aromatic rings. The number of sulfonamides is 1. The third-order valence-corrected chi connectivity index (χ3v) is 6.53. The summed E-state index contributed by atoms with van der Waals surface area (Å²) in [6.07, 6.45) is 1.49. The Morgan fingerprint density at radius 2 is 1.63 bits per heavy atom. The Hall–Kier alpha value is -2.97. The van der Waals surface area contributed by atoms with E-state index in [2.05, 4.69) is 26.5 Å². The maximum atomic E-state index is 13.2. The van der Waals surface area contributed by atoms with Crippen molar-refractivity contribution >= 4 is 43.8 Å². The lowest BCUT2D eigenvalue weighted by molar-refractivity contribution is -0.119. The number of halogens is 1. The third kappa shape index (κ3) is 5.55. The summed E-state index contributed by atoms with van der Waals surface area (Å²) in [5.74, 6) is -0.552. The summed E-state index contributed by atoms with van der Waals surface area (Å²) in [5.41, 5.74) is 4.58. The molecule has 0 unspecified atom stereocenters. The number of hydrogen-bond acceptors (Lipinski definition) is 4. The predicted molar refractivity (Wildman–Crippen MR) is 122 cm³/mol. The second kappa shape index (κ2) is 9.69. The van der Waals surface area contributed by atoms with Gasteiger partial charge in [-0.1, -0.05) is 64.0 Å². The van der Waals surface area contributed by atoms with E-state index in [1.165, 1.54) is 18.3 Å². The van der Waals surface area contributed by atoms with Gasteiger partial charge in [-0.25, -0.2) is 13.8 Å². The van der Waals surface area contributed by atoms with Gasteiger partial charge in [0.15, 0.2) is 0 Å². The van der Waals surface area contributed by atoms with Crippen molar-refractivity contribution in [3.8, 4) is 0 Å². The molecule has 8 heteroatoms. The molecule has 0 saturated carbocycles. The number of nitrogens with one attached hydrogen (secondary N) is 1. The van der Waals surface area contributed by atoms with Crippen LogP contribution >= 0.6 is 15.9 Å². The zero-order valence-electron chi connectivity index (χ0n) is 16.2. The van der Waals surface area contributed by atoms with Crippen molar-refractivity contribution in [2.45, 2.75) is 11.8 Å². The minimum Gasteiger partial charge on any atom is -0.271 e. The van der Waals surface area contributed by atoms with Gasteiger partial charge in [0, 0.05) is 4.47 Å². The van der Waals surface area contributed by atoms with Gasteiger partial charge in [-0.05, 0) is 48.9 Å². The normalized spacial score (nSPS) is 11.4. The highest BCUT2D eigenvalue weighted by atomic mass is 79.9. The van der Waals surface area contributed by atoms with E-state index in [1.54, 1.807) is 42.5 Å². The van der Waals surface area contributed by atoms with E-state index in [9.17, 15) is 13.2 Å². The number of hydrogen-bond donors (Lipinski definition) is 1. The van der Waals surface area contributed by atoms with E-state index in [1.807, 2.05) is 31.2 Å². The van der Waals surface area contributed by atoms with Crippen LogP contribution in [0.15, 0.2) is 93.3 Å². The lowest BCUT2D eigenvalue weighted by atomic mass is 10.2. The first-order valence-corrected chi connectivity index (χ1v) is 11.3. The molecule has 0 spiro atoms. The molecule has 0 aliphatic carbocycles. The van der Waals surface area contributed by atoms with Crippen LogP contribution in [0.25, 0.3) is 0 Å². The summed E-state index contributed by atoms with van der Waals surface area (Å²) < 4.78 is 28.4. The lowest BCUT2D eigenvalue weighted by Gasteiger charge is -2.23. The van der Waals surface area contributed by atoms with Gasteiger partial charge in [0.2, 0.25) is 0 Å². The van der Waals surface area contributed by atoms with Crippen molar-refractivity contribution in [1.29, 1.82) is 0 Å². The van der Waals surface area contributed by atoms with Crippen LogP contribution < -0.4 is 9.73 Å². The van der Waals surface area contributed by atoms with Gasteiger partial charge < -0.3 is 0 Å². The molecule has 0 heterocycles. The molecule has 0 radical (unpaired) electrons. The maximum Gasteiger partial charge on any atom is 0.264 e. The molecule has 1 N–H and O–H groups in total. The zero-order chi connectivity index (χ0) is 21.6. The average Bonchev–Trinajstić information content (AvgIpc) is 2.75. The summed E-state index contributed by atoms with van der Waals surface area (Å²) in [6, 6.07) is 22.3. The van der Waals surface area contributed by atoms with Crippen molar-refractivity contribution in [1.82, 2.24) is 5.43 Å². The fourth-order valence-corrected chi connectivity index (χ4v) is 4.35. The van der Waals surface area contributed by atoms with Gasteiger partial charge in [-0.2, -0.15) is 5.10 Å². The van der Waals surface area contributed by atoms with Crippen LogP contribution in [0.1, 0.15) is 11.1 Å². The lowest BCUT2D eigenvalue weighted by Crippen LogP contribution is -2.39. The smallest absolute Gasteiger partial charge is 0.264 e. The minimum atomic E-state index is -3.93. The average molecular weight is 486 g/mol. The van der Waals surface area contributed by atoms with Crippen LogP contribution in [0.3, 0.4) is 0 Å². The third-order valence-electron chi connectivity index (χ3n) is 4.21. The summed E-state index contributed by atoms with van der Waals surface area (Å²) in [5, 5.41) is 3.93. The molecule has 0 atom stereocenters. The first-order valence-electron chi connectivity index (χ1n) is 9.08. The second-order valence-corrected chi connectivity index (χ2v) is 9.28. The molecule has 3 aromatic carbocycles. The van der Waals surface area contributed by atoms with Crippen LogP contribution in [0.2, 0.25) is 0 Å². The molecule has 0 saturated heterocycles. The number of carbonyl (C=O) groups excluding carboxylic acids is 1. The first-order chi connectivity index (χ1) is 14.4. The second-order valence-electron chi connectivity index (χ2n) is 6.51. The molecule has 0 aliphatic rings. The number of aryl methyl sites for hydroxylation is 1. The molecular formula is C22H20BrN3O3S. The SMILES string of the molecule is Cc1ccc(N(CC(=O)N/N=C/c2ccc(Br)cc2)S(=O)(=O)c2ccccc2)cc1. The molecular weight excluding hydrogens is 466 g/mol. The van der Waals surface area contributed by atoms with Gasteiger partial charge in [0.05, 0.1) is 16.8 Å². The van der Waals surface area contributed by atoms with Gasteiger partial charge in [0.1, 0.15) is 6.54 Å². The van der Waals surface area contributed by atoms with E-state index in [4.69, 9.17) is 0 Å². The number of nitrogens with zero attached hydrogens (tertiary/aromatic N) is 2. The number of carbonyl (C=O) groups is 1. The minimum absolute atomic E-state index is 0.108. The van der Waals surface area contributed by atoms with Crippen LogP contribution in [-0.4, -0.2) is 27.1 Å². The Balaban J connectivity index is 1.81.